The molecule has 146 valence electrons. The lowest BCUT2D eigenvalue weighted by molar-refractivity contribution is 0.413. The van der Waals surface area contributed by atoms with Crippen LogP contribution < -0.4 is 16.2 Å². The zero-order chi connectivity index (χ0) is 20.4. The van der Waals surface area contributed by atoms with Crippen molar-refractivity contribution in [3.63, 3.8) is 0 Å². The van der Waals surface area contributed by atoms with Gasteiger partial charge in [-0.15, -0.1) is 0 Å². The number of aromatic nitrogens is 4. The molecule has 0 aliphatic carbocycles. The van der Waals surface area contributed by atoms with E-state index in [9.17, 15) is 4.79 Å². The van der Waals surface area contributed by atoms with Crippen molar-refractivity contribution in [2.45, 2.75) is 13.0 Å². The highest BCUT2D eigenvalue weighted by molar-refractivity contribution is 5.61. The van der Waals surface area contributed by atoms with Crippen LogP contribution in [0.4, 0.5) is 5.95 Å². The summed E-state index contributed by atoms with van der Waals surface area (Å²) in [7, 11) is 1.63. The minimum Gasteiger partial charge on any atom is -0.497 e. The molecule has 0 aliphatic rings. The summed E-state index contributed by atoms with van der Waals surface area (Å²) in [4.78, 5) is 21.1. The molecule has 4 rings (SSSR count). The molecule has 0 saturated carbocycles. The van der Waals surface area contributed by atoms with Crippen LogP contribution in [0.2, 0.25) is 0 Å². The van der Waals surface area contributed by atoms with Gasteiger partial charge in [-0.1, -0.05) is 24.3 Å². The second-order valence-corrected chi connectivity index (χ2v) is 6.66. The molecule has 0 bridgehead atoms. The fourth-order valence-corrected chi connectivity index (χ4v) is 3.27. The third-order valence-corrected chi connectivity index (χ3v) is 4.91. The van der Waals surface area contributed by atoms with Crippen molar-refractivity contribution in [1.29, 1.82) is 0 Å². The summed E-state index contributed by atoms with van der Waals surface area (Å²) in [6.45, 7) is 1.99. The fraction of sp³-hybridized carbons (Fsp3) is 0.136. The van der Waals surface area contributed by atoms with Gasteiger partial charge >= 0.3 is 5.69 Å². The molecule has 0 amide bonds. The van der Waals surface area contributed by atoms with Crippen molar-refractivity contribution in [2.75, 3.05) is 12.8 Å². The van der Waals surface area contributed by atoms with Gasteiger partial charge in [0.05, 0.1) is 24.5 Å². The van der Waals surface area contributed by atoms with Crippen LogP contribution in [0.1, 0.15) is 18.5 Å². The first-order valence-corrected chi connectivity index (χ1v) is 9.19. The van der Waals surface area contributed by atoms with Crippen LogP contribution in [-0.4, -0.2) is 26.2 Å². The third kappa shape index (κ3) is 3.62. The quantitative estimate of drug-likeness (QED) is 0.568. The van der Waals surface area contributed by atoms with Crippen LogP contribution >= 0.6 is 0 Å². The Hall–Kier alpha value is -3.87. The number of nitrogens with two attached hydrogens (primary N) is 1. The number of rotatable bonds is 5. The maximum atomic E-state index is 13.0. The summed E-state index contributed by atoms with van der Waals surface area (Å²) in [5, 5.41) is 0. The summed E-state index contributed by atoms with van der Waals surface area (Å²) in [6.07, 6.45) is 5.19. The van der Waals surface area contributed by atoms with Crippen molar-refractivity contribution in [3.05, 3.63) is 89.2 Å². The van der Waals surface area contributed by atoms with Gasteiger partial charge in [-0.2, -0.15) is 0 Å². The normalized spacial score (nSPS) is 11.9. The van der Waals surface area contributed by atoms with Gasteiger partial charge in [0.25, 0.3) is 0 Å². The Morgan fingerprint density at radius 3 is 2.59 bits per heavy atom. The standard InChI is InChI=1S/C22H21N5O2/c1-15(17-4-3-5-19(14-17)29-2)26-12-13-27(22(26)28)18-8-6-16(7-9-18)20-10-11-24-21(23)25-20/h3-15H,1-2H3,(H2,23,24,25). The van der Waals surface area contributed by atoms with Crippen LogP contribution in [0, 0.1) is 0 Å². The van der Waals surface area contributed by atoms with Gasteiger partial charge in [0.2, 0.25) is 5.95 Å². The SMILES string of the molecule is COc1cccc(C(C)n2ccn(-c3ccc(-c4ccnc(N)n4)cc3)c2=O)c1. The Kier molecular flexibility index (Phi) is 4.87. The first kappa shape index (κ1) is 18.5. The van der Waals surface area contributed by atoms with Gasteiger partial charge in [-0.05, 0) is 42.8 Å². The number of ether oxygens (including phenoxy) is 1. The van der Waals surface area contributed by atoms with Gasteiger partial charge in [0, 0.05) is 24.2 Å². The average molecular weight is 387 g/mol. The number of methoxy groups -OCH3 is 1. The molecule has 0 saturated heterocycles. The Balaban J connectivity index is 1.64. The minimum absolute atomic E-state index is 0.112. The molecule has 0 aliphatic heterocycles. The predicted molar refractivity (Wildman–Crippen MR) is 112 cm³/mol. The third-order valence-electron chi connectivity index (χ3n) is 4.91. The van der Waals surface area contributed by atoms with Gasteiger partial charge in [-0.3, -0.25) is 9.13 Å². The van der Waals surface area contributed by atoms with E-state index in [1.54, 1.807) is 40.9 Å². The second-order valence-electron chi connectivity index (χ2n) is 6.66. The van der Waals surface area contributed by atoms with Crippen LogP contribution in [-0.2, 0) is 0 Å². The number of nitrogens with zero attached hydrogens (tertiary/aromatic N) is 4. The molecule has 2 aromatic heterocycles. The Labute approximate surface area is 168 Å². The van der Waals surface area contributed by atoms with Crippen molar-refractivity contribution in [1.82, 2.24) is 19.1 Å². The molecular formula is C22H21N5O2. The molecular weight excluding hydrogens is 366 g/mol. The summed E-state index contributed by atoms with van der Waals surface area (Å²) in [6, 6.07) is 17.0. The van der Waals surface area contributed by atoms with E-state index in [-0.39, 0.29) is 17.7 Å². The Morgan fingerprint density at radius 2 is 1.86 bits per heavy atom. The Morgan fingerprint density at radius 1 is 1.07 bits per heavy atom. The zero-order valence-corrected chi connectivity index (χ0v) is 16.2. The smallest absolute Gasteiger partial charge is 0.333 e. The highest BCUT2D eigenvalue weighted by Crippen LogP contribution is 2.22. The van der Waals surface area contributed by atoms with Gasteiger partial charge in [-0.25, -0.2) is 14.8 Å². The molecule has 0 spiro atoms. The maximum Gasteiger partial charge on any atom is 0.333 e. The maximum absolute atomic E-state index is 13.0. The molecule has 1 atom stereocenters. The summed E-state index contributed by atoms with van der Waals surface area (Å²) < 4.78 is 8.61. The van der Waals surface area contributed by atoms with E-state index in [1.807, 2.05) is 55.5 Å². The fourth-order valence-electron chi connectivity index (χ4n) is 3.27. The number of benzene rings is 2. The number of imidazole rings is 1. The van der Waals surface area contributed by atoms with Crippen molar-refractivity contribution in [2.24, 2.45) is 0 Å². The lowest BCUT2D eigenvalue weighted by Gasteiger charge is -2.14. The molecule has 0 radical (unpaired) electrons. The van der Waals surface area contributed by atoms with Gasteiger partial charge in [0.15, 0.2) is 0 Å². The van der Waals surface area contributed by atoms with Crippen LogP contribution in [0.25, 0.3) is 16.9 Å². The largest absolute Gasteiger partial charge is 0.497 e. The molecule has 7 heteroatoms. The molecule has 4 aromatic rings. The van der Waals surface area contributed by atoms with E-state index in [4.69, 9.17) is 10.5 Å². The van der Waals surface area contributed by atoms with Crippen LogP contribution in [0.3, 0.4) is 0 Å². The number of hydrogen-bond acceptors (Lipinski definition) is 5. The number of anilines is 1. The molecule has 7 nitrogen and oxygen atoms in total. The van der Waals surface area contributed by atoms with E-state index in [0.717, 1.165) is 28.3 Å². The summed E-state index contributed by atoms with van der Waals surface area (Å²) in [5.74, 6) is 0.995. The average Bonchev–Trinajstić information content (AvgIpc) is 3.14. The van der Waals surface area contributed by atoms with Crippen molar-refractivity contribution < 1.29 is 4.74 Å². The Bertz CT molecular complexity index is 1190. The van der Waals surface area contributed by atoms with E-state index < -0.39 is 0 Å². The second kappa shape index (κ2) is 7.63. The molecule has 2 aromatic carbocycles. The highest BCUT2D eigenvalue weighted by Gasteiger charge is 2.14. The van der Waals surface area contributed by atoms with E-state index >= 15 is 0 Å². The monoisotopic (exact) mass is 387 g/mol. The van der Waals surface area contributed by atoms with E-state index in [0.29, 0.717) is 0 Å². The molecule has 0 fully saturated rings. The van der Waals surface area contributed by atoms with E-state index in [1.165, 1.54) is 0 Å². The number of hydrogen-bond donors (Lipinski definition) is 1. The van der Waals surface area contributed by atoms with Crippen molar-refractivity contribution >= 4 is 5.95 Å². The molecule has 2 N–H and O–H groups in total. The first-order chi connectivity index (χ1) is 14.1. The zero-order valence-electron chi connectivity index (χ0n) is 16.2. The molecule has 2 heterocycles. The lowest BCUT2D eigenvalue weighted by atomic mass is 10.1. The first-order valence-electron chi connectivity index (χ1n) is 9.19. The van der Waals surface area contributed by atoms with E-state index in [2.05, 4.69) is 9.97 Å². The highest BCUT2D eigenvalue weighted by atomic mass is 16.5. The van der Waals surface area contributed by atoms with Crippen LogP contribution in [0.15, 0.2) is 78.0 Å². The number of nitrogen functional groups attached to an aromatic ring is 1. The topological polar surface area (TPSA) is 88.0 Å². The molecule has 29 heavy (non-hydrogen) atoms. The minimum atomic E-state index is -0.123. The van der Waals surface area contributed by atoms with Gasteiger partial charge in [0.1, 0.15) is 5.75 Å². The predicted octanol–water partition coefficient (Wildman–Crippen LogP) is 3.30. The summed E-state index contributed by atoms with van der Waals surface area (Å²) >= 11 is 0. The lowest BCUT2D eigenvalue weighted by Crippen LogP contribution is -2.25. The van der Waals surface area contributed by atoms with Crippen molar-refractivity contribution in [3.8, 4) is 22.7 Å². The van der Waals surface area contributed by atoms with Gasteiger partial charge < -0.3 is 10.5 Å². The molecule has 1 unspecified atom stereocenters. The van der Waals surface area contributed by atoms with Crippen LogP contribution in [0.5, 0.6) is 5.75 Å². The summed E-state index contributed by atoms with van der Waals surface area (Å²) in [5.41, 5.74) is 8.96.